The third-order valence-electron chi connectivity index (χ3n) is 3.93. The summed E-state index contributed by atoms with van der Waals surface area (Å²) in [4.78, 5) is 0. The molecule has 0 fully saturated rings. The van der Waals surface area contributed by atoms with Gasteiger partial charge in [-0.2, -0.15) is 0 Å². The molecule has 2 aromatic rings. The Morgan fingerprint density at radius 1 is 1.28 bits per heavy atom. The highest BCUT2D eigenvalue weighted by molar-refractivity contribution is 5.92. The van der Waals surface area contributed by atoms with Crippen LogP contribution in [0.5, 0.6) is 0 Å². The first-order valence-corrected chi connectivity index (χ1v) is 6.89. The molecule has 1 heterocycles. The van der Waals surface area contributed by atoms with Gasteiger partial charge < -0.3 is 4.57 Å². The molecule has 1 aromatic carbocycles. The zero-order chi connectivity index (χ0) is 12.9. The quantitative estimate of drug-likeness (QED) is 0.677. The summed E-state index contributed by atoms with van der Waals surface area (Å²) >= 11 is 0. The summed E-state index contributed by atoms with van der Waals surface area (Å²) < 4.78 is 2.52. The monoisotopic (exact) mass is 239 g/mol. The first-order chi connectivity index (χ1) is 8.58. The summed E-state index contributed by atoms with van der Waals surface area (Å²) in [6, 6.07) is 7.35. The summed E-state index contributed by atoms with van der Waals surface area (Å²) in [5.41, 5.74) is 5.69. The summed E-state index contributed by atoms with van der Waals surface area (Å²) in [5.74, 6) is 0.653. The Bertz CT molecular complexity index is 629. The van der Waals surface area contributed by atoms with Crippen molar-refractivity contribution in [3.8, 4) is 0 Å². The van der Waals surface area contributed by atoms with Gasteiger partial charge in [-0.05, 0) is 45.2 Å². The van der Waals surface area contributed by atoms with Crippen molar-refractivity contribution in [1.82, 2.24) is 4.57 Å². The van der Waals surface area contributed by atoms with Crippen LogP contribution in [-0.2, 0) is 6.42 Å². The van der Waals surface area contributed by atoms with Crippen molar-refractivity contribution in [1.29, 1.82) is 0 Å². The van der Waals surface area contributed by atoms with E-state index in [2.05, 4.69) is 62.6 Å². The highest BCUT2D eigenvalue weighted by Crippen LogP contribution is 2.35. The third-order valence-corrected chi connectivity index (χ3v) is 3.93. The summed E-state index contributed by atoms with van der Waals surface area (Å²) in [6.07, 6.45) is 5.83. The molecule has 1 nitrogen and oxygen atoms in total. The fourth-order valence-corrected chi connectivity index (χ4v) is 3.12. The van der Waals surface area contributed by atoms with Gasteiger partial charge in [0.1, 0.15) is 0 Å². The Morgan fingerprint density at radius 2 is 2.06 bits per heavy atom. The van der Waals surface area contributed by atoms with Crippen molar-refractivity contribution in [2.45, 2.75) is 40.2 Å². The van der Waals surface area contributed by atoms with Gasteiger partial charge in [0.15, 0.2) is 0 Å². The number of allylic oxidation sites excluding steroid dienone is 1. The maximum absolute atomic E-state index is 2.52. The summed E-state index contributed by atoms with van der Waals surface area (Å²) in [5, 5.41) is 1.42. The topological polar surface area (TPSA) is 4.93 Å². The minimum atomic E-state index is 0.526. The van der Waals surface area contributed by atoms with E-state index in [0.717, 1.165) is 6.42 Å². The Labute approximate surface area is 109 Å². The van der Waals surface area contributed by atoms with Crippen LogP contribution in [0.1, 0.15) is 43.6 Å². The molecule has 3 rings (SSSR count). The van der Waals surface area contributed by atoms with E-state index in [9.17, 15) is 0 Å². The van der Waals surface area contributed by atoms with Gasteiger partial charge in [0, 0.05) is 28.2 Å². The molecule has 18 heavy (non-hydrogen) atoms. The normalized spacial score (nSPS) is 18.6. The van der Waals surface area contributed by atoms with Crippen molar-refractivity contribution >= 4 is 17.0 Å². The van der Waals surface area contributed by atoms with Crippen LogP contribution >= 0.6 is 0 Å². The highest BCUT2D eigenvalue weighted by atomic mass is 15.0. The SMILES string of the molecule is Cc1ccc2c(c1)c1c(n2C(C)C)CC(C)C=C1. The smallest absolute Gasteiger partial charge is 0.0491 e. The maximum Gasteiger partial charge on any atom is 0.0491 e. The van der Waals surface area contributed by atoms with Gasteiger partial charge in [0.05, 0.1) is 0 Å². The Morgan fingerprint density at radius 3 is 2.78 bits per heavy atom. The fraction of sp³-hybridized carbons (Fsp3) is 0.412. The Balaban J connectivity index is 2.38. The Hall–Kier alpha value is -1.50. The van der Waals surface area contributed by atoms with Gasteiger partial charge in [-0.25, -0.2) is 0 Å². The lowest BCUT2D eigenvalue weighted by atomic mass is 9.94. The number of benzene rings is 1. The van der Waals surface area contributed by atoms with E-state index < -0.39 is 0 Å². The average Bonchev–Trinajstić information content (AvgIpc) is 2.61. The van der Waals surface area contributed by atoms with Crippen molar-refractivity contribution in [3.05, 3.63) is 41.1 Å². The zero-order valence-electron chi connectivity index (χ0n) is 11.7. The van der Waals surface area contributed by atoms with Crippen molar-refractivity contribution < 1.29 is 0 Å². The van der Waals surface area contributed by atoms with E-state index in [1.54, 1.807) is 0 Å². The van der Waals surface area contributed by atoms with Crippen LogP contribution in [0.4, 0.5) is 0 Å². The molecule has 0 aliphatic heterocycles. The van der Waals surface area contributed by atoms with Crippen LogP contribution in [0.25, 0.3) is 17.0 Å². The summed E-state index contributed by atoms with van der Waals surface area (Å²) in [6.45, 7) is 9.03. The van der Waals surface area contributed by atoms with Gasteiger partial charge >= 0.3 is 0 Å². The summed E-state index contributed by atoms with van der Waals surface area (Å²) in [7, 11) is 0. The van der Waals surface area contributed by atoms with Crippen molar-refractivity contribution in [3.63, 3.8) is 0 Å². The van der Waals surface area contributed by atoms with E-state index in [4.69, 9.17) is 0 Å². The lowest BCUT2D eigenvalue weighted by Crippen LogP contribution is -2.11. The molecule has 0 amide bonds. The van der Waals surface area contributed by atoms with Gasteiger partial charge in [-0.1, -0.05) is 30.7 Å². The standard InChI is InChI=1S/C17H21N/c1-11(2)18-16-8-6-12(3)9-15(16)14-7-5-13(4)10-17(14)18/h5-9,11,13H,10H2,1-4H3. The maximum atomic E-state index is 2.52. The molecule has 0 saturated carbocycles. The lowest BCUT2D eigenvalue weighted by Gasteiger charge is -2.19. The second kappa shape index (κ2) is 4.01. The van der Waals surface area contributed by atoms with Crippen LogP contribution in [0, 0.1) is 12.8 Å². The van der Waals surface area contributed by atoms with Crippen LogP contribution in [0.2, 0.25) is 0 Å². The number of rotatable bonds is 1. The number of nitrogens with zero attached hydrogens (tertiary/aromatic N) is 1. The van der Waals surface area contributed by atoms with E-state index in [1.165, 1.54) is 27.7 Å². The third kappa shape index (κ3) is 1.61. The Kier molecular flexibility index (Phi) is 2.58. The predicted octanol–water partition coefficient (Wildman–Crippen LogP) is 4.74. The number of hydrogen-bond acceptors (Lipinski definition) is 0. The van der Waals surface area contributed by atoms with Crippen molar-refractivity contribution in [2.75, 3.05) is 0 Å². The lowest BCUT2D eigenvalue weighted by molar-refractivity contribution is 0.567. The molecule has 94 valence electrons. The number of aromatic nitrogens is 1. The number of hydrogen-bond donors (Lipinski definition) is 0. The number of fused-ring (bicyclic) bond motifs is 3. The van der Waals surface area contributed by atoms with E-state index >= 15 is 0 Å². The van der Waals surface area contributed by atoms with E-state index in [0.29, 0.717) is 12.0 Å². The minimum absolute atomic E-state index is 0.526. The van der Waals surface area contributed by atoms with Crippen molar-refractivity contribution in [2.24, 2.45) is 5.92 Å². The number of aryl methyl sites for hydroxylation is 1. The first-order valence-electron chi connectivity index (χ1n) is 6.89. The molecular weight excluding hydrogens is 218 g/mol. The second-order valence-electron chi connectivity index (χ2n) is 5.89. The second-order valence-corrected chi connectivity index (χ2v) is 5.89. The van der Waals surface area contributed by atoms with Gasteiger partial charge in [0.25, 0.3) is 0 Å². The molecule has 0 bridgehead atoms. The van der Waals surface area contributed by atoms with Gasteiger partial charge in [0.2, 0.25) is 0 Å². The average molecular weight is 239 g/mol. The molecular formula is C17H21N. The zero-order valence-corrected chi connectivity index (χ0v) is 11.7. The molecule has 0 N–H and O–H groups in total. The molecule has 1 aliphatic carbocycles. The highest BCUT2D eigenvalue weighted by Gasteiger charge is 2.21. The molecule has 1 heteroatoms. The first kappa shape index (κ1) is 11.6. The molecule has 1 aromatic heterocycles. The predicted molar refractivity (Wildman–Crippen MR) is 79.0 cm³/mol. The molecule has 1 atom stereocenters. The van der Waals surface area contributed by atoms with E-state index in [-0.39, 0.29) is 0 Å². The largest absolute Gasteiger partial charge is 0.341 e. The molecule has 1 aliphatic rings. The molecule has 0 radical (unpaired) electrons. The van der Waals surface area contributed by atoms with Crippen LogP contribution in [0.15, 0.2) is 24.3 Å². The van der Waals surface area contributed by atoms with Gasteiger partial charge in [-0.3, -0.25) is 0 Å². The fourth-order valence-electron chi connectivity index (χ4n) is 3.12. The molecule has 0 spiro atoms. The molecule has 1 unspecified atom stereocenters. The van der Waals surface area contributed by atoms with Crippen LogP contribution < -0.4 is 0 Å². The van der Waals surface area contributed by atoms with E-state index in [1.807, 2.05) is 0 Å². The minimum Gasteiger partial charge on any atom is -0.341 e. The van der Waals surface area contributed by atoms with Gasteiger partial charge in [-0.15, -0.1) is 0 Å². The van der Waals surface area contributed by atoms with Crippen LogP contribution in [-0.4, -0.2) is 4.57 Å². The van der Waals surface area contributed by atoms with Crippen LogP contribution in [0.3, 0.4) is 0 Å². The molecule has 0 saturated heterocycles.